The van der Waals surface area contributed by atoms with Crippen molar-refractivity contribution in [3.8, 4) is 0 Å². The number of carbonyl (C=O) groups is 4. The molecule has 0 aromatic heterocycles. The molecule has 1 aliphatic rings. The van der Waals surface area contributed by atoms with Gasteiger partial charge in [-0.2, -0.15) is 0 Å². The van der Waals surface area contributed by atoms with Crippen LogP contribution < -0.4 is 0 Å². The lowest BCUT2D eigenvalue weighted by atomic mass is 9.99. The molecule has 0 saturated carbocycles. The first-order valence-electron chi connectivity index (χ1n) is 9.52. The van der Waals surface area contributed by atoms with Gasteiger partial charge in [0, 0.05) is 0 Å². The van der Waals surface area contributed by atoms with Crippen LogP contribution in [0, 0.1) is 0 Å². The highest BCUT2D eigenvalue weighted by atomic mass is 16.5. The van der Waals surface area contributed by atoms with Gasteiger partial charge in [0.05, 0.1) is 35.5 Å². The summed E-state index contributed by atoms with van der Waals surface area (Å²) in [4.78, 5) is 48.9. The molecule has 8 nitrogen and oxygen atoms in total. The number of hydroxylamine groups is 2. The monoisotopic (exact) mass is 391 g/mol. The van der Waals surface area contributed by atoms with E-state index in [0.29, 0.717) is 12.8 Å². The molecule has 8 heteroatoms. The number of unbranched alkanes of at least 4 members (excludes halogenated alkanes) is 4. The van der Waals surface area contributed by atoms with Gasteiger partial charge in [0.1, 0.15) is 0 Å². The molecule has 0 radical (unpaired) electrons. The fraction of sp³-hybridized carbons (Fsp3) is 0.500. The highest BCUT2D eigenvalue weighted by molar-refractivity contribution is 6.22. The molecule has 1 aliphatic heterocycles. The second-order valence-electron chi connectivity index (χ2n) is 6.55. The molecule has 1 heterocycles. The molecule has 0 atom stereocenters. The first kappa shape index (κ1) is 21.6. The molecule has 2 amide bonds. The van der Waals surface area contributed by atoms with Crippen molar-refractivity contribution >= 4 is 23.8 Å². The van der Waals surface area contributed by atoms with Crippen molar-refractivity contribution in [3.05, 3.63) is 34.4 Å². The number of ether oxygens (including phenoxy) is 2. The minimum Gasteiger partial charge on any atom is -0.462 e. The van der Waals surface area contributed by atoms with Gasteiger partial charge in [0.15, 0.2) is 0 Å². The molecule has 1 N–H and O–H groups in total. The van der Waals surface area contributed by atoms with Crippen LogP contribution in [0.2, 0.25) is 0 Å². The number of hydrogen-bond donors (Lipinski definition) is 1. The lowest BCUT2D eigenvalue weighted by molar-refractivity contribution is -0.0327. The number of esters is 2. The molecular weight excluding hydrogens is 366 g/mol. The molecule has 0 saturated heterocycles. The molecule has 2 rings (SSSR count). The Bertz CT molecular complexity index is 709. The van der Waals surface area contributed by atoms with Crippen LogP contribution in [0.1, 0.15) is 93.8 Å². The molecular formula is C20H25NO7. The standard InChI is InChI=1S/C20H25NO7/c1-3-5-7-9-27-19(24)15-11-13-14(18(23)21(26)17(13)22)12-16(15)20(25)28-10-8-6-4-2/h11-12,26H,3-10H2,1-2H3. The van der Waals surface area contributed by atoms with Crippen LogP contribution in [0.5, 0.6) is 0 Å². The van der Waals surface area contributed by atoms with E-state index in [2.05, 4.69) is 0 Å². The molecule has 1 aromatic carbocycles. The topological polar surface area (TPSA) is 110 Å². The predicted molar refractivity (Wildman–Crippen MR) is 98.3 cm³/mol. The average Bonchev–Trinajstić information content (AvgIpc) is 2.91. The van der Waals surface area contributed by atoms with Crippen LogP contribution in [-0.2, 0) is 9.47 Å². The molecule has 1 aromatic rings. The number of nitrogens with zero attached hydrogens (tertiary/aromatic N) is 1. The minimum atomic E-state index is -0.956. The minimum absolute atomic E-state index is 0.0443. The number of carbonyl (C=O) groups excluding carboxylic acids is 4. The van der Waals surface area contributed by atoms with Crippen molar-refractivity contribution in [3.63, 3.8) is 0 Å². The van der Waals surface area contributed by atoms with E-state index in [4.69, 9.17) is 9.47 Å². The summed E-state index contributed by atoms with van der Waals surface area (Å²) >= 11 is 0. The summed E-state index contributed by atoms with van der Waals surface area (Å²) in [6.45, 7) is 4.37. The second-order valence-corrected chi connectivity index (χ2v) is 6.55. The third kappa shape index (κ3) is 4.75. The van der Waals surface area contributed by atoms with E-state index >= 15 is 0 Å². The zero-order chi connectivity index (χ0) is 20.7. The molecule has 0 unspecified atom stereocenters. The number of hydrogen-bond acceptors (Lipinski definition) is 7. The maximum absolute atomic E-state index is 12.5. The van der Waals surface area contributed by atoms with Crippen LogP contribution in [0.15, 0.2) is 12.1 Å². The number of imide groups is 1. The van der Waals surface area contributed by atoms with Crippen LogP contribution in [-0.4, -0.2) is 47.2 Å². The van der Waals surface area contributed by atoms with Crippen molar-refractivity contribution < 1.29 is 33.9 Å². The molecule has 0 bridgehead atoms. The second kappa shape index (κ2) is 9.98. The Balaban J connectivity index is 2.30. The summed E-state index contributed by atoms with van der Waals surface area (Å²) < 4.78 is 10.4. The van der Waals surface area contributed by atoms with Crippen LogP contribution in [0.4, 0.5) is 0 Å². The first-order chi connectivity index (χ1) is 13.4. The van der Waals surface area contributed by atoms with Crippen molar-refractivity contribution in [1.29, 1.82) is 0 Å². The van der Waals surface area contributed by atoms with E-state index in [1.807, 2.05) is 13.8 Å². The van der Waals surface area contributed by atoms with E-state index in [0.717, 1.165) is 37.8 Å². The fourth-order valence-corrected chi connectivity index (χ4v) is 2.80. The quantitative estimate of drug-likeness (QED) is 0.282. The van der Waals surface area contributed by atoms with Crippen molar-refractivity contribution in [2.45, 2.75) is 52.4 Å². The third-order valence-electron chi connectivity index (χ3n) is 4.41. The summed E-state index contributed by atoms with van der Waals surface area (Å²) in [6, 6.07) is 2.22. The van der Waals surface area contributed by atoms with E-state index < -0.39 is 23.8 Å². The number of amides is 2. The maximum atomic E-state index is 12.5. The first-order valence-corrected chi connectivity index (χ1v) is 9.52. The maximum Gasteiger partial charge on any atom is 0.339 e. The zero-order valence-electron chi connectivity index (χ0n) is 16.2. The Morgan fingerprint density at radius 1 is 0.821 bits per heavy atom. The highest BCUT2D eigenvalue weighted by Gasteiger charge is 2.38. The van der Waals surface area contributed by atoms with Crippen LogP contribution in [0.25, 0.3) is 0 Å². The molecule has 0 aliphatic carbocycles. The Morgan fingerprint density at radius 3 is 1.57 bits per heavy atom. The summed E-state index contributed by atoms with van der Waals surface area (Å²) in [5.74, 6) is -3.47. The van der Waals surface area contributed by atoms with Crippen molar-refractivity contribution in [2.24, 2.45) is 0 Å². The predicted octanol–water partition coefficient (Wildman–Crippen LogP) is 3.37. The SMILES string of the molecule is CCCCCOC(=O)c1cc2c(cc1C(=O)OCCCCC)C(=O)N(O)C2=O. The van der Waals surface area contributed by atoms with Crippen molar-refractivity contribution in [1.82, 2.24) is 5.06 Å². The summed E-state index contributed by atoms with van der Waals surface area (Å²) in [7, 11) is 0. The van der Waals surface area contributed by atoms with Gasteiger partial charge in [-0.05, 0) is 25.0 Å². The summed E-state index contributed by atoms with van der Waals surface area (Å²) in [5.41, 5.74) is -0.634. The Hall–Kier alpha value is -2.74. The fourth-order valence-electron chi connectivity index (χ4n) is 2.80. The largest absolute Gasteiger partial charge is 0.462 e. The lowest BCUT2D eigenvalue weighted by Gasteiger charge is -2.11. The van der Waals surface area contributed by atoms with Gasteiger partial charge in [-0.25, -0.2) is 9.59 Å². The highest BCUT2D eigenvalue weighted by Crippen LogP contribution is 2.26. The molecule has 0 spiro atoms. The van der Waals surface area contributed by atoms with E-state index in [9.17, 15) is 24.4 Å². The normalized spacial score (nSPS) is 12.9. The lowest BCUT2D eigenvalue weighted by Crippen LogP contribution is -2.25. The number of rotatable bonds is 10. The van der Waals surface area contributed by atoms with Gasteiger partial charge in [0.2, 0.25) is 0 Å². The van der Waals surface area contributed by atoms with E-state index in [1.54, 1.807) is 0 Å². The summed E-state index contributed by atoms with van der Waals surface area (Å²) in [5, 5.41) is 9.51. The number of benzene rings is 1. The zero-order valence-corrected chi connectivity index (χ0v) is 16.2. The van der Waals surface area contributed by atoms with Crippen LogP contribution in [0.3, 0.4) is 0 Å². The smallest absolute Gasteiger partial charge is 0.339 e. The third-order valence-corrected chi connectivity index (χ3v) is 4.41. The van der Waals surface area contributed by atoms with Gasteiger partial charge in [-0.3, -0.25) is 14.8 Å². The van der Waals surface area contributed by atoms with Gasteiger partial charge in [-0.1, -0.05) is 39.5 Å². The Morgan fingerprint density at radius 2 is 1.21 bits per heavy atom. The van der Waals surface area contributed by atoms with Crippen LogP contribution >= 0.6 is 0 Å². The van der Waals surface area contributed by atoms with Gasteiger partial charge < -0.3 is 9.47 Å². The molecule has 0 fully saturated rings. The van der Waals surface area contributed by atoms with Gasteiger partial charge >= 0.3 is 11.9 Å². The van der Waals surface area contributed by atoms with E-state index in [-0.39, 0.29) is 40.5 Å². The van der Waals surface area contributed by atoms with Crippen molar-refractivity contribution in [2.75, 3.05) is 13.2 Å². The summed E-state index contributed by atoms with van der Waals surface area (Å²) in [6.07, 6.45) is 5.02. The Kier molecular flexibility index (Phi) is 7.69. The Labute approximate surface area is 163 Å². The molecule has 28 heavy (non-hydrogen) atoms. The van der Waals surface area contributed by atoms with Gasteiger partial charge in [0.25, 0.3) is 11.8 Å². The number of fused-ring (bicyclic) bond motifs is 1. The van der Waals surface area contributed by atoms with Gasteiger partial charge in [-0.15, -0.1) is 5.06 Å². The molecule has 152 valence electrons. The van der Waals surface area contributed by atoms with E-state index in [1.165, 1.54) is 0 Å². The average molecular weight is 391 g/mol.